The number of halogens is 2. The fourth-order valence-electron chi connectivity index (χ4n) is 8.74. The minimum atomic E-state index is -0.932. The van der Waals surface area contributed by atoms with Gasteiger partial charge in [-0.15, -0.1) is 0 Å². The summed E-state index contributed by atoms with van der Waals surface area (Å²) in [5.41, 5.74) is 10.8. The van der Waals surface area contributed by atoms with Crippen molar-refractivity contribution in [2.75, 3.05) is 71.3 Å². The van der Waals surface area contributed by atoms with Gasteiger partial charge in [0.1, 0.15) is 5.82 Å². The molecule has 0 bridgehead atoms. The average Bonchev–Trinajstić information content (AvgIpc) is 3.26. The Kier molecular flexibility index (Phi) is 16.6. The second-order valence-corrected chi connectivity index (χ2v) is 17.0. The fourth-order valence-corrected chi connectivity index (χ4v) is 8.99. The first-order chi connectivity index (χ1) is 28.9. The van der Waals surface area contributed by atoms with Crippen molar-refractivity contribution in [2.24, 2.45) is 17.8 Å². The lowest BCUT2D eigenvalue weighted by molar-refractivity contribution is -0.138. The summed E-state index contributed by atoms with van der Waals surface area (Å²) < 4.78 is 5.41. The van der Waals surface area contributed by atoms with E-state index in [1.165, 1.54) is 6.08 Å². The molecule has 5 heterocycles. The molecular formula is C45H57BCl2N6O6. The van der Waals surface area contributed by atoms with Crippen molar-refractivity contribution >= 4 is 65.0 Å². The summed E-state index contributed by atoms with van der Waals surface area (Å²) in [5.74, 6) is 0.408. The number of hydrogen-bond donors (Lipinski definition) is 3. The Morgan fingerprint density at radius 3 is 1.78 bits per heavy atom. The first-order valence-corrected chi connectivity index (χ1v) is 21.9. The molecule has 7 rings (SSSR count). The Labute approximate surface area is 364 Å². The second kappa shape index (κ2) is 22.0. The Hall–Kier alpha value is -4.24. The number of nitrogens with zero attached hydrogens (tertiary/aromatic N) is 5. The zero-order valence-corrected chi connectivity index (χ0v) is 35.9. The number of nitrogens with two attached hydrogens (primary N) is 1. The van der Waals surface area contributed by atoms with Crippen LogP contribution in [0.25, 0.3) is 11.1 Å². The van der Waals surface area contributed by atoms with Crippen molar-refractivity contribution in [3.05, 3.63) is 106 Å². The van der Waals surface area contributed by atoms with Crippen molar-refractivity contribution < 1.29 is 29.3 Å². The molecule has 4 saturated heterocycles. The molecule has 0 saturated carbocycles. The van der Waals surface area contributed by atoms with E-state index in [4.69, 9.17) is 38.8 Å². The first kappa shape index (κ1) is 45.3. The highest BCUT2D eigenvalue weighted by atomic mass is 35.5. The highest BCUT2D eigenvalue weighted by molar-refractivity contribution is 6.45. The molecule has 4 fully saturated rings. The lowest BCUT2D eigenvalue weighted by Gasteiger charge is -2.38. The highest BCUT2D eigenvalue weighted by Gasteiger charge is 2.33. The summed E-state index contributed by atoms with van der Waals surface area (Å²) in [6, 6.07) is 18.9. The molecule has 0 atom stereocenters. The fraction of sp³-hybridized carbons (Fsp3) is 0.467. The van der Waals surface area contributed by atoms with E-state index >= 15 is 0 Å². The molecule has 3 aromatic rings. The zero-order chi connectivity index (χ0) is 42.6. The van der Waals surface area contributed by atoms with Gasteiger partial charge in [-0.3, -0.25) is 14.5 Å². The molecule has 15 heteroatoms. The number of aromatic nitrogens is 1. The third kappa shape index (κ3) is 12.9. The van der Waals surface area contributed by atoms with Gasteiger partial charge < -0.3 is 35.2 Å². The number of allylic oxidation sites excluding steroid dienone is 2. The van der Waals surface area contributed by atoms with Gasteiger partial charge in [0.15, 0.2) is 0 Å². The Morgan fingerprint density at radius 2 is 1.27 bits per heavy atom. The van der Waals surface area contributed by atoms with Gasteiger partial charge in [-0.05, 0) is 148 Å². The molecule has 4 aliphatic heterocycles. The molecule has 2 aromatic carbocycles. The Balaban J connectivity index is 0.000000243. The summed E-state index contributed by atoms with van der Waals surface area (Å²) in [5, 5.41) is 20.0. The summed E-state index contributed by atoms with van der Waals surface area (Å²) in [6.07, 6.45) is 9.98. The maximum atomic E-state index is 13.4. The third-order valence-corrected chi connectivity index (χ3v) is 12.7. The van der Waals surface area contributed by atoms with Crippen molar-refractivity contribution in [2.45, 2.75) is 51.9 Å². The topological polar surface area (TPSA) is 153 Å². The summed E-state index contributed by atoms with van der Waals surface area (Å²) >= 11 is 12.0. The number of aliphatic carboxylic acids is 1. The van der Waals surface area contributed by atoms with E-state index in [1.54, 1.807) is 25.2 Å². The average molecular weight is 860 g/mol. The van der Waals surface area contributed by atoms with Crippen LogP contribution in [0.1, 0.15) is 55.2 Å². The van der Waals surface area contributed by atoms with Crippen molar-refractivity contribution in [1.29, 1.82) is 0 Å². The number of ether oxygens (including phenoxy) is 1. The summed E-state index contributed by atoms with van der Waals surface area (Å²) in [6.45, 7) is 9.77. The van der Waals surface area contributed by atoms with E-state index in [1.807, 2.05) is 69.2 Å². The van der Waals surface area contributed by atoms with Crippen LogP contribution in [0.5, 0.6) is 0 Å². The summed E-state index contributed by atoms with van der Waals surface area (Å²) in [4.78, 5) is 50.0. The van der Waals surface area contributed by atoms with Gasteiger partial charge in [-0.1, -0.05) is 47.5 Å². The number of anilines is 1. The van der Waals surface area contributed by atoms with E-state index in [2.05, 4.69) is 9.88 Å². The Bertz CT molecular complexity index is 1950. The number of morpholine rings is 1. The number of carbonyl (C=O) groups excluding carboxylic acids is 2. The van der Waals surface area contributed by atoms with E-state index in [0.717, 1.165) is 112 Å². The van der Waals surface area contributed by atoms with Crippen LogP contribution in [0.3, 0.4) is 0 Å². The summed E-state index contributed by atoms with van der Waals surface area (Å²) in [7, 11) is -0.451. The molecule has 320 valence electrons. The van der Waals surface area contributed by atoms with Crippen LogP contribution in [0.4, 0.5) is 5.82 Å². The van der Waals surface area contributed by atoms with Crippen molar-refractivity contribution in [1.82, 2.24) is 24.5 Å². The van der Waals surface area contributed by atoms with Gasteiger partial charge in [0.2, 0.25) is 11.8 Å². The minimum Gasteiger partial charge on any atom is -0.478 e. The molecule has 12 nitrogen and oxygen atoms in total. The lowest BCUT2D eigenvalue weighted by Crippen LogP contribution is -2.45. The van der Waals surface area contributed by atoms with Crippen LogP contribution in [0, 0.1) is 17.8 Å². The molecule has 0 spiro atoms. The monoisotopic (exact) mass is 858 g/mol. The molecule has 2 amide bonds. The van der Waals surface area contributed by atoms with Crippen molar-refractivity contribution in [3.63, 3.8) is 0 Å². The van der Waals surface area contributed by atoms with Gasteiger partial charge >= 0.3 is 13.0 Å². The van der Waals surface area contributed by atoms with E-state index in [-0.39, 0.29) is 29.6 Å². The predicted molar refractivity (Wildman–Crippen MR) is 238 cm³/mol. The van der Waals surface area contributed by atoms with Crippen LogP contribution >= 0.6 is 23.2 Å². The lowest BCUT2D eigenvalue weighted by atomic mass is 9.78. The van der Waals surface area contributed by atoms with Gasteiger partial charge in [0.25, 0.3) is 0 Å². The van der Waals surface area contributed by atoms with E-state index in [9.17, 15) is 19.4 Å². The number of amides is 2. The standard InChI is InChI=1S/C30H38ClN5O3.C15H19BClNO3/c31-26-3-1-23(2-4-26)27(20-29(37)35-15-17-39-18-16-35)24-8-13-36(14-9-24)30(38)25-6-11-34(12-7-25)21-22-5-10-33-28(32)19-22;1-16(21)18-8-6-12(7-9-18)14(10-15(19)20)11-2-4-13(17)5-3-11/h1-5,10,19-20,24-25H,6-9,11-18,21H2,(H2,32,33);2-5,10,12,21H,6-9H2,1H3,(H,19,20)/b27-20+;14-10+. The predicted octanol–water partition coefficient (Wildman–Crippen LogP) is 6.34. The number of nitrogen functional groups attached to an aromatic ring is 1. The smallest absolute Gasteiger partial charge is 0.376 e. The normalized spacial score (nSPS) is 19.4. The van der Waals surface area contributed by atoms with Gasteiger partial charge in [0, 0.05) is 67.0 Å². The number of piperidine rings is 3. The molecule has 0 radical (unpaired) electrons. The van der Waals surface area contributed by atoms with E-state index in [0.29, 0.717) is 42.2 Å². The van der Waals surface area contributed by atoms with Crippen LogP contribution in [-0.4, -0.2) is 125 Å². The zero-order valence-electron chi connectivity index (χ0n) is 34.4. The van der Waals surface area contributed by atoms with Crippen LogP contribution in [0.2, 0.25) is 16.9 Å². The molecule has 4 aliphatic rings. The number of pyridine rings is 1. The quantitative estimate of drug-likeness (QED) is 0.156. The molecule has 1 aromatic heterocycles. The number of benzene rings is 2. The van der Waals surface area contributed by atoms with Crippen LogP contribution < -0.4 is 5.73 Å². The van der Waals surface area contributed by atoms with Crippen LogP contribution in [0.15, 0.2) is 79.0 Å². The first-order valence-electron chi connectivity index (χ1n) is 21.1. The molecule has 0 aliphatic carbocycles. The maximum Gasteiger partial charge on any atom is 0.376 e. The maximum absolute atomic E-state index is 13.4. The highest BCUT2D eigenvalue weighted by Crippen LogP contribution is 2.35. The number of hydrogen-bond acceptors (Lipinski definition) is 9. The molecule has 60 heavy (non-hydrogen) atoms. The van der Waals surface area contributed by atoms with Crippen LogP contribution in [-0.2, 0) is 25.7 Å². The largest absolute Gasteiger partial charge is 0.478 e. The molecular weight excluding hydrogens is 802 g/mol. The van der Waals surface area contributed by atoms with Gasteiger partial charge in [-0.2, -0.15) is 0 Å². The second-order valence-electron chi connectivity index (χ2n) is 16.2. The number of carboxylic acids is 1. The Morgan fingerprint density at radius 1 is 0.750 bits per heavy atom. The molecule has 0 unspecified atom stereocenters. The van der Waals surface area contributed by atoms with E-state index < -0.39 is 13.0 Å². The SMILES string of the molecule is CB(O)N1CCC(/C(=C/C(=O)O)c2ccc(Cl)cc2)CC1.Nc1cc(CN2CCC(C(=O)N3CCC(/C(=C/C(=O)N4CCOCC4)c4ccc(Cl)cc4)CC3)CC2)ccn1. The minimum absolute atomic E-state index is 0.0305. The number of rotatable bonds is 10. The number of likely N-dealkylation sites (tertiary alicyclic amines) is 2. The third-order valence-electron chi connectivity index (χ3n) is 12.2. The number of carboxylic acid groups (broad SMARTS) is 1. The van der Waals surface area contributed by atoms with Gasteiger partial charge in [-0.25, -0.2) is 9.78 Å². The molecule has 4 N–H and O–H groups in total. The number of carbonyl (C=O) groups is 3. The van der Waals surface area contributed by atoms with Crippen molar-refractivity contribution in [3.8, 4) is 0 Å². The van der Waals surface area contributed by atoms with Gasteiger partial charge in [0.05, 0.1) is 13.2 Å².